The van der Waals surface area contributed by atoms with Crippen LogP contribution in [0.15, 0.2) is 48.5 Å². The first-order valence-electron chi connectivity index (χ1n) is 7.67. The lowest BCUT2D eigenvalue weighted by atomic mass is 10.0. The molecule has 0 aromatic heterocycles. The number of amides is 2. The number of benzene rings is 2. The van der Waals surface area contributed by atoms with Gasteiger partial charge in [-0.3, -0.25) is 9.59 Å². The van der Waals surface area contributed by atoms with Gasteiger partial charge in [-0.2, -0.15) is 0 Å². The lowest BCUT2D eigenvalue weighted by molar-refractivity contribution is -0.121. The van der Waals surface area contributed by atoms with Crippen molar-refractivity contribution in [1.82, 2.24) is 10.2 Å². The Labute approximate surface area is 138 Å². The van der Waals surface area contributed by atoms with E-state index in [-0.39, 0.29) is 30.2 Å². The number of rotatable bonds is 2. The van der Waals surface area contributed by atoms with Gasteiger partial charge in [-0.25, -0.2) is 4.39 Å². The topological polar surface area (TPSA) is 69.6 Å². The van der Waals surface area contributed by atoms with E-state index in [1.54, 1.807) is 0 Å². The molecule has 2 N–H and O–H groups in total. The Hall–Kier alpha value is -2.89. The van der Waals surface area contributed by atoms with Gasteiger partial charge in [-0.1, -0.05) is 30.3 Å². The van der Waals surface area contributed by atoms with E-state index in [0.29, 0.717) is 6.54 Å². The van der Waals surface area contributed by atoms with Crippen molar-refractivity contribution < 1.29 is 19.1 Å². The molecule has 0 aliphatic carbocycles. The molecule has 0 unspecified atom stereocenters. The van der Waals surface area contributed by atoms with Gasteiger partial charge in [0.1, 0.15) is 11.6 Å². The summed E-state index contributed by atoms with van der Waals surface area (Å²) in [5.41, 5.74) is 0.712. The Bertz CT molecular complexity index is 764. The summed E-state index contributed by atoms with van der Waals surface area (Å²) in [6.45, 7) is 0.587. The number of halogens is 1. The van der Waals surface area contributed by atoms with Crippen molar-refractivity contribution in [1.29, 1.82) is 0 Å². The first-order chi connectivity index (χ1) is 11.6. The highest BCUT2D eigenvalue weighted by Gasteiger charge is 2.31. The summed E-state index contributed by atoms with van der Waals surface area (Å²) in [6.07, 6.45) is 0.117. The number of aromatic hydroxyl groups is 1. The smallest absolute Gasteiger partial charge is 0.258 e. The molecule has 1 fully saturated rings. The maximum absolute atomic E-state index is 13.5. The molecule has 6 heteroatoms. The normalized spacial score (nSPS) is 18.0. The Morgan fingerprint density at radius 3 is 2.71 bits per heavy atom. The quantitative estimate of drug-likeness (QED) is 0.888. The zero-order valence-electron chi connectivity index (χ0n) is 12.9. The zero-order chi connectivity index (χ0) is 17.1. The third-order valence-corrected chi connectivity index (χ3v) is 4.06. The van der Waals surface area contributed by atoms with Crippen LogP contribution in [0.4, 0.5) is 4.39 Å². The molecule has 1 heterocycles. The predicted octanol–water partition coefficient (Wildman–Crippen LogP) is 2.23. The molecule has 2 amide bonds. The van der Waals surface area contributed by atoms with Crippen LogP contribution in [0.2, 0.25) is 0 Å². The van der Waals surface area contributed by atoms with Crippen LogP contribution in [-0.2, 0) is 4.79 Å². The van der Waals surface area contributed by atoms with Gasteiger partial charge in [0, 0.05) is 13.1 Å². The summed E-state index contributed by atoms with van der Waals surface area (Å²) >= 11 is 0. The highest BCUT2D eigenvalue weighted by molar-refractivity contribution is 5.97. The SMILES string of the molecule is O=C1C[C@@H](c2ccccc2)N(C(=O)c2cc(F)ccc2O)CCN1. The molecule has 124 valence electrons. The number of phenolic OH excluding ortho intramolecular Hbond substituents is 1. The second-order valence-corrected chi connectivity index (χ2v) is 5.64. The molecule has 5 nitrogen and oxygen atoms in total. The lowest BCUT2D eigenvalue weighted by Gasteiger charge is -2.29. The average molecular weight is 328 g/mol. The second-order valence-electron chi connectivity index (χ2n) is 5.64. The fraction of sp³-hybridized carbons (Fsp3) is 0.222. The van der Waals surface area contributed by atoms with Gasteiger partial charge in [-0.05, 0) is 23.8 Å². The summed E-state index contributed by atoms with van der Waals surface area (Å²) < 4.78 is 13.5. The summed E-state index contributed by atoms with van der Waals surface area (Å²) in [5, 5.41) is 12.7. The fourth-order valence-corrected chi connectivity index (χ4v) is 2.88. The molecule has 3 rings (SSSR count). The maximum Gasteiger partial charge on any atom is 0.258 e. The molecule has 1 aliphatic rings. The molecular weight excluding hydrogens is 311 g/mol. The van der Waals surface area contributed by atoms with Crippen LogP contribution in [0, 0.1) is 5.82 Å². The van der Waals surface area contributed by atoms with E-state index in [9.17, 15) is 19.1 Å². The predicted molar refractivity (Wildman–Crippen MR) is 85.9 cm³/mol. The molecule has 1 atom stereocenters. The number of nitrogens with one attached hydrogen (secondary N) is 1. The number of hydrogen-bond acceptors (Lipinski definition) is 3. The van der Waals surface area contributed by atoms with Gasteiger partial charge in [-0.15, -0.1) is 0 Å². The first kappa shape index (κ1) is 16.0. The third-order valence-electron chi connectivity index (χ3n) is 4.06. The molecule has 2 aromatic rings. The van der Waals surface area contributed by atoms with Crippen molar-refractivity contribution in [3.8, 4) is 5.75 Å². The van der Waals surface area contributed by atoms with Gasteiger partial charge in [0.2, 0.25) is 5.91 Å². The Morgan fingerprint density at radius 1 is 1.21 bits per heavy atom. The Balaban J connectivity index is 2.00. The summed E-state index contributed by atoms with van der Waals surface area (Å²) in [4.78, 5) is 26.3. The van der Waals surface area contributed by atoms with E-state index in [2.05, 4.69) is 5.32 Å². The van der Waals surface area contributed by atoms with Crippen molar-refractivity contribution in [2.45, 2.75) is 12.5 Å². The van der Waals surface area contributed by atoms with Crippen LogP contribution >= 0.6 is 0 Å². The summed E-state index contributed by atoms with van der Waals surface area (Å²) in [6, 6.07) is 12.0. The fourth-order valence-electron chi connectivity index (χ4n) is 2.88. The minimum Gasteiger partial charge on any atom is -0.507 e. The number of nitrogens with zero attached hydrogens (tertiary/aromatic N) is 1. The molecule has 0 bridgehead atoms. The highest BCUT2D eigenvalue weighted by atomic mass is 19.1. The molecule has 24 heavy (non-hydrogen) atoms. The van der Waals surface area contributed by atoms with Crippen LogP contribution in [0.25, 0.3) is 0 Å². The Morgan fingerprint density at radius 2 is 1.96 bits per heavy atom. The standard InChI is InChI=1S/C18H17FN2O3/c19-13-6-7-16(22)14(10-13)18(24)21-9-8-20-17(23)11-15(21)12-4-2-1-3-5-12/h1-7,10,15,22H,8-9,11H2,(H,20,23)/t15-/m0/s1. The van der Waals surface area contributed by atoms with Gasteiger partial charge in [0.25, 0.3) is 5.91 Å². The molecule has 0 radical (unpaired) electrons. The van der Waals surface area contributed by atoms with E-state index in [1.807, 2.05) is 30.3 Å². The van der Waals surface area contributed by atoms with E-state index >= 15 is 0 Å². The molecule has 0 saturated carbocycles. The molecule has 0 spiro atoms. The van der Waals surface area contributed by atoms with Crippen molar-refractivity contribution in [2.75, 3.05) is 13.1 Å². The van der Waals surface area contributed by atoms with E-state index < -0.39 is 17.8 Å². The zero-order valence-corrected chi connectivity index (χ0v) is 12.9. The average Bonchev–Trinajstić information content (AvgIpc) is 2.79. The number of phenols is 1. The van der Waals surface area contributed by atoms with Gasteiger partial charge in [0.15, 0.2) is 0 Å². The second kappa shape index (κ2) is 6.70. The minimum absolute atomic E-state index is 0.106. The van der Waals surface area contributed by atoms with Crippen molar-refractivity contribution in [3.05, 3.63) is 65.5 Å². The van der Waals surface area contributed by atoms with Crippen LogP contribution in [-0.4, -0.2) is 34.9 Å². The first-order valence-corrected chi connectivity index (χ1v) is 7.67. The van der Waals surface area contributed by atoms with Gasteiger partial charge >= 0.3 is 0 Å². The van der Waals surface area contributed by atoms with Crippen LogP contribution < -0.4 is 5.32 Å². The molecule has 2 aromatic carbocycles. The van der Waals surface area contributed by atoms with E-state index in [1.165, 1.54) is 4.90 Å². The summed E-state index contributed by atoms with van der Waals surface area (Å²) in [5.74, 6) is -1.53. The highest BCUT2D eigenvalue weighted by Crippen LogP contribution is 2.29. The molecular formula is C18H17FN2O3. The summed E-state index contributed by atoms with van der Waals surface area (Å²) in [7, 11) is 0. The third kappa shape index (κ3) is 3.22. The molecule has 1 aliphatic heterocycles. The lowest BCUT2D eigenvalue weighted by Crippen LogP contribution is -2.36. The minimum atomic E-state index is -0.601. The number of carbonyl (C=O) groups excluding carboxylic acids is 2. The van der Waals surface area contributed by atoms with Crippen LogP contribution in [0.5, 0.6) is 5.75 Å². The Kier molecular flexibility index (Phi) is 4.46. The van der Waals surface area contributed by atoms with Crippen molar-refractivity contribution in [3.63, 3.8) is 0 Å². The number of hydrogen-bond donors (Lipinski definition) is 2. The molecule has 1 saturated heterocycles. The van der Waals surface area contributed by atoms with Crippen molar-refractivity contribution in [2.24, 2.45) is 0 Å². The van der Waals surface area contributed by atoms with Gasteiger partial charge < -0.3 is 15.3 Å². The number of carbonyl (C=O) groups is 2. The van der Waals surface area contributed by atoms with E-state index in [0.717, 1.165) is 23.8 Å². The van der Waals surface area contributed by atoms with Crippen LogP contribution in [0.3, 0.4) is 0 Å². The largest absolute Gasteiger partial charge is 0.507 e. The van der Waals surface area contributed by atoms with Gasteiger partial charge in [0.05, 0.1) is 18.0 Å². The van der Waals surface area contributed by atoms with Crippen molar-refractivity contribution >= 4 is 11.8 Å². The van der Waals surface area contributed by atoms with E-state index in [4.69, 9.17) is 0 Å². The monoisotopic (exact) mass is 328 g/mol. The maximum atomic E-state index is 13.5. The van der Waals surface area contributed by atoms with Crippen LogP contribution in [0.1, 0.15) is 28.4 Å².